The summed E-state index contributed by atoms with van der Waals surface area (Å²) in [4.78, 5) is 11.5. The Morgan fingerprint density at radius 2 is 2.10 bits per heavy atom. The smallest absolute Gasteiger partial charge is 0.417 e. The molecule has 1 aliphatic rings. The maximum absolute atomic E-state index is 13.4. The van der Waals surface area contributed by atoms with Crippen LogP contribution in [0.2, 0.25) is 0 Å². The van der Waals surface area contributed by atoms with Crippen LogP contribution in [0, 0.1) is 0 Å². The molecule has 0 radical (unpaired) electrons. The van der Waals surface area contributed by atoms with Crippen LogP contribution in [0.5, 0.6) is 0 Å². The molecule has 0 bridgehead atoms. The first-order valence-electron chi connectivity index (χ1n) is 9.02. The largest absolute Gasteiger partial charge is 0.465 e. The molecule has 0 aliphatic carbocycles. The highest BCUT2D eigenvalue weighted by Gasteiger charge is 2.34. The van der Waals surface area contributed by atoms with Gasteiger partial charge in [-0.1, -0.05) is 6.07 Å². The first kappa shape index (κ1) is 22.6. The van der Waals surface area contributed by atoms with Crippen LogP contribution in [0.15, 0.2) is 23.1 Å². The molecule has 2 aromatic rings. The number of ether oxygens (including phenoxy) is 1. The summed E-state index contributed by atoms with van der Waals surface area (Å²) in [5, 5.41) is 7.07. The van der Waals surface area contributed by atoms with E-state index in [-0.39, 0.29) is 23.8 Å². The van der Waals surface area contributed by atoms with E-state index in [4.69, 9.17) is 4.74 Å². The minimum atomic E-state index is -4.59. The number of fused-ring (bicyclic) bond motifs is 1. The highest BCUT2D eigenvalue weighted by Crippen LogP contribution is 2.40. The lowest BCUT2D eigenvalue weighted by Gasteiger charge is -2.24. The van der Waals surface area contributed by atoms with E-state index in [9.17, 15) is 26.4 Å². The highest BCUT2D eigenvalue weighted by atomic mass is 32.2. The molecule has 0 atom stereocenters. The molecular formula is C18H20F3N3O4S2. The van der Waals surface area contributed by atoms with E-state index in [1.54, 1.807) is 6.92 Å². The van der Waals surface area contributed by atoms with Gasteiger partial charge in [-0.25, -0.2) is 8.42 Å². The minimum Gasteiger partial charge on any atom is -0.465 e. The number of sulfonamides is 1. The van der Waals surface area contributed by atoms with Gasteiger partial charge in [0.1, 0.15) is 0 Å². The monoisotopic (exact) mass is 463 g/mol. The van der Waals surface area contributed by atoms with E-state index in [2.05, 4.69) is 10.2 Å². The number of carbonyl (C=O) groups is 1. The van der Waals surface area contributed by atoms with E-state index in [1.165, 1.54) is 16.4 Å². The van der Waals surface area contributed by atoms with Crippen LogP contribution < -0.4 is 0 Å². The lowest BCUT2D eigenvalue weighted by atomic mass is 10.0. The normalized spacial score (nSPS) is 15.1. The molecule has 0 fully saturated rings. The van der Waals surface area contributed by atoms with Gasteiger partial charge in [0.25, 0.3) is 0 Å². The number of halogens is 3. The summed E-state index contributed by atoms with van der Waals surface area (Å²) in [5.74, 6) is -0.872. The molecular weight excluding hydrogens is 443 g/mol. The van der Waals surface area contributed by atoms with Crippen molar-refractivity contribution >= 4 is 27.8 Å². The van der Waals surface area contributed by atoms with Crippen LogP contribution in [-0.2, 0) is 38.7 Å². The van der Waals surface area contributed by atoms with Crippen molar-refractivity contribution in [2.45, 2.75) is 31.0 Å². The predicted octanol–water partition coefficient (Wildman–Crippen LogP) is 3.07. The molecule has 1 N–H and O–H groups in total. The average Bonchev–Trinajstić information content (AvgIpc) is 3.08. The van der Waals surface area contributed by atoms with Crippen LogP contribution in [0.1, 0.15) is 23.7 Å². The van der Waals surface area contributed by atoms with Crippen molar-refractivity contribution in [3.63, 3.8) is 0 Å². The van der Waals surface area contributed by atoms with Gasteiger partial charge >= 0.3 is 12.1 Å². The van der Waals surface area contributed by atoms with Gasteiger partial charge in [0.05, 0.1) is 29.9 Å². The number of carbonyl (C=O) groups excluding carboxylic acids is 1. The van der Waals surface area contributed by atoms with Crippen LogP contribution >= 0.6 is 11.8 Å². The van der Waals surface area contributed by atoms with E-state index in [0.717, 1.165) is 29.8 Å². The second-order valence-electron chi connectivity index (χ2n) is 6.68. The molecule has 2 heterocycles. The van der Waals surface area contributed by atoms with E-state index < -0.39 is 27.7 Å². The number of H-pyrrole nitrogens is 1. The Kier molecular flexibility index (Phi) is 6.48. The molecule has 0 spiro atoms. The minimum absolute atomic E-state index is 0.0896. The first-order valence-corrected chi connectivity index (χ1v) is 11.9. The fourth-order valence-corrected chi connectivity index (χ4v) is 4.85. The van der Waals surface area contributed by atoms with E-state index in [0.29, 0.717) is 29.8 Å². The number of aromatic nitrogens is 2. The molecule has 0 amide bonds. The molecule has 12 heteroatoms. The summed E-state index contributed by atoms with van der Waals surface area (Å²) in [6, 6.07) is 3.57. The second kappa shape index (κ2) is 8.60. The summed E-state index contributed by atoms with van der Waals surface area (Å²) in [7, 11) is -3.42. The summed E-state index contributed by atoms with van der Waals surface area (Å²) >= 11 is 0.737. The number of rotatable bonds is 6. The summed E-state index contributed by atoms with van der Waals surface area (Å²) in [5.41, 5.74) is 1.33. The average molecular weight is 464 g/mol. The summed E-state index contributed by atoms with van der Waals surface area (Å²) in [6.07, 6.45) is -3.05. The lowest BCUT2D eigenvalue weighted by Crippen LogP contribution is -2.35. The molecule has 0 saturated heterocycles. The highest BCUT2D eigenvalue weighted by molar-refractivity contribution is 8.00. The fraction of sp³-hybridized carbons (Fsp3) is 0.444. The van der Waals surface area contributed by atoms with Gasteiger partial charge < -0.3 is 4.74 Å². The third-order valence-corrected chi connectivity index (χ3v) is 6.86. The molecule has 1 aromatic carbocycles. The number of hydrogen-bond acceptors (Lipinski definition) is 6. The van der Waals surface area contributed by atoms with Gasteiger partial charge in [-0.15, -0.1) is 11.8 Å². The Morgan fingerprint density at radius 3 is 2.73 bits per heavy atom. The first-order chi connectivity index (χ1) is 14.0. The number of benzene rings is 1. The molecule has 1 aliphatic heterocycles. The van der Waals surface area contributed by atoms with Crippen LogP contribution in [0.4, 0.5) is 13.2 Å². The second-order valence-corrected chi connectivity index (χ2v) is 9.68. The van der Waals surface area contributed by atoms with Crippen molar-refractivity contribution in [2.24, 2.45) is 0 Å². The van der Waals surface area contributed by atoms with Gasteiger partial charge in [-0.3, -0.25) is 9.89 Å². The van der Waals surface area contributed by atoms with Crippen molar-refractivity contribution in [1.29, 1.82) is 0 Å². The van der Waals surface area contributed by atoms with Crippen molar-refractivity contribution < 1.29 is 31.1 Å². The molecule has 164 valence electrons. The molecule has 1 aromatic heterocycles. The topological polar surface area (TPSA) is 92.4 Å². The number of esters is 1. The van der Waals surface area contributed by atoms with Gasteiger partial charge in [-0.2, -0.15) is 22.6 Å². The predicted molar refractivity (Wildman–Crippen MR) is 105 cm³/mol. The zero-order valence-corrected chi connectivity index (χ0v) is 17.9. The Morgan fingerprint density at radius 1 is 1.37 bits per heavy atom. The molecule has 0 saturated carbocycles. The van der Waals surface area contributed by atoms with Crippen molar-refractivity contribution in [3.05, 3.63) is 35.0 Å². The zero-order chi connectivity index (χ0) is 22.1. The van der Waals surface area contributed by atoms with Crippen LogP contribution in [0.25, 0.3) is 11.3 Å². The number of hydrogen-bond donors (Lipinski definition) is 1. The fourth-order valence-electron chi connectivity index (χ4n) is 3.15. The van der Waals surface area contributed by atoms with Crippen LogP contribution in [-0.4, -0.2) is 54.0 Å². The van der Waals surface area contributed by atoms with Crippen LogP contribution in [0.3, 0.4) is 0 Å². The Balaban J connectivity index is 1.97. The maximum Gasteiger partial charge on any atom is 0.417 e. The number of thioether (sulfide) groups is 1. The SMILES string of the molecule is CCOC(=O)CSc1cc(-c2n[nH]c3c2CN(S(C)(=O)=O)CC3)ccc1C(F)(F)F. The zero-order valence-electron chi connectivity index (χ0n) is 16.2. The third kappa shape index (κ3) is 4.98. The van der Waals surface area contributed by atoms with Crippen molar-refractivity contribution in [1.82, 2.24) is 14.5 Å². The summed E-state index contributed by atoms with van der Waals surface area (Å²) in [6.45, 7) is 2.15. The van der Waals surface area contributed by atoms with Gasteiger partial charge in [0, 0.05) is 41.2 Å². The maximum atomic E-state index is 13.4. The summed E-state index contributed by atoms with van der Waals surface area (Å²) < 4.78 is 70.2. The number of nitrogens with zero attached hydrogens (tertiary/aromatic N) is 2. The van der Waals surface area contributed by atoms with E-state index >= 15 is 0 Å². The molecule has 30 heavy (non-hydrogen) atoms. The quantitative estimate of drug-likeness (QED) is 0.523. The number of aromatic amines is 1. The Bertz CT molecular complexity index is 1050. The van der Waals surface area contributed by atoms with Gasteiger partial charge in [0.15, 0.2) is 0 Å². The molecule has 7 nitrogen and oxygen atoms in total. The third-order valence-electron chi connectivity index (χ3n) is 4.58. The number of alkyl halides is 3. The Hall–Kier alpha value is -2.05. The van der Waals surface area contributed by atoms with Crippen molar-refractivity contribution in [2.75, 3.05) is 25.2 Å². The van der Waals surface area contributed by atoms with Gasteiger partial charge in [-0.05, 0) is 19.1 Å². The van der Waals surface area contributed by atoms with Gasteiger partial charge in [0.2, 0.25) is 10.0 Å². The Labute approximate surface area is 176 Å². The number of nitrogens with one attached hydrogen (secondary N) is 1. The lowest BCUT2D eigenvalue weighted by molar-refractivity contribution is -0.141. The standard InChI is InChI=1S/C18H20F3N3O4S2/c1-3-28-16(25)10-29-15-8-11(4-5-13(15)18(19,20)21)17-12-9-24(30(2,26)27)7-6-14(12)22-23-17/h4-5,8H,3,6-7,9-10H2,1-2H3,(H,22,23). The van der Waals surface area contributed by atoms with Crippen molar-refractivity contribution in [3.8, 4) is 11.3 Å². The molecule has 3 rings (SSSR count). The van der Waals surface area contributed by atoms with E-state index in [1.807, 2.05) is 0 Å². The molecule has 0 unspecified atom stereocenters.